The van der Waals surface area contributed by atoms with E-state index in [2.05, 4.69) is 10.9 Å². The summed E-state index contributed by atoms with van der Waals surface area (Å²) in [5, 5.41) is 9.12. The van der Waals surface area contributed by atoms with E-state index in [-0.39, 0.29) is 0 Å². The highest BCUT2D eigenvalue weighted by atomic mass is 16.6. The molecule has 0 bridgehead atoms. The van der Waals surface area contributed by atoms with Crippen molar-refractivity contribution in [3.8, 4) is 0 Å². The average Bonchev–Trinajstić information content (AvgIpc) is 2.27. The zero-order valence-electron chi connectivity index (χ0n) is 11.1. The zero-order chi connectivity index (χ0) is 14.5. The van der Waals surface area contributed by atoms with Crippen LogP contribution in [0.4, 0.5) is 4.79 Å². The SMILES string of the molecule is CC(C)(C)OC(=O)NN[C@@H](C(=O)O)c1ccccc1. The van der Waals surface area contributed by atoms with Crippen LogP contribution < -0.4 is 10.9 Å². The number of benzene rings is 1. The fourth-order valence-corrected chi connectivity index (χ4v) is 1.37. The van der Waals surface area contributed by atoms with Gasteiger partial charge in [0.1, 0.15) is 11.6 Å². The summed E-state index contributed by atoms with van der Waals surface area (Å²) in [4.78, 5) is 22.6. The van der Waals surface area contributed by atoms with Crippen LogP contribution in [0.5, 0.6) is 0 Å². The molecule has 0 aliphatic heterocycles. The molecule has 0 heterocycles. The monoisotopic (exact) mass is 266 g/mol. The molecule has 1 rings (SSSR count). The van der Waals surface area contributed by atoms with Gasteiger partial charge in [-0.1, -0.05) is 30.3 Å². The molecule has 0 fully saturated rings. The summed E-state index contributed by atoms with van der Waals surface area (Å²) in [6.45, 7) is 5.16. The Balaban J connectivity index is 2.62. The van der Waals surface area contributed by atoms with Crippen molar-refractivity contribution in [3.63, 3.8) is 0 Å². The van der Waals surface area contributed by atoms with Crippen molar-refractivity contribution in [1.82, 2.24) is 10.9 Å². The lowest BCUT2D eigenvalue weighted by atomic mass is 10.1. The van der Waals surface area contributed by atoms with E-state index in [1.807, 2.05) is 0 Å². The highest BCUT2D eigenvalue weighted by Crippen LogP contribution is 2.12. The second-order valence-corrected chi connectivity index (χ2v) is 4.95. The number of hydrazine groups is 1. The topological polar surface area (TPSA) is 87.7 Å². The van der Waals surface area contributed by atoms with E-state index < -0.39 is 23.7 Å². The number of aliphatic carboxylic acids is 1. The van der Waals surface area contributed by atoms with Gasteiger partial charge in [-0.15, -0.1) is 0 Å². The van der Waals surface area contributed by atoms with Crippen LogP contribution in [0, 0.1) is 0 Å². The summed E-state index contributed by atoms with van der Waals surface area (Å²) in [5.41, 5.74) is 4.55. The summed E-state index contributed by atoms with van der Waals surface area (Å²) >= 11 is 0. The summed E-state index contributed by atoms with van der Waals surface area (Å²) in [5.74, 6) is -1.10. The van der Waals surface area contributed by atoms with Gasteiger partial charge in [-0.2, -0.15) is 0 Å². The number of ether oxygens (including phenoxy) is 1. The molecule has 0 radical (unpaired) electrons. The Kier molecular flexibility index (Phi) is 4.88. The molecule has 0 saturated carbocycles. The quantitative estimate of drug-likeness (QED) is 0.724. The fraction of sp³-hybridized carbons (Fsp3) is 0.385. The van der Waals surface area contributed by atoms with Crippen LogP contribution in [0.15, 0.2) is 30.3 Å². The Morgan fingerprint density at radius 1 is 1.21 bits per heavy atom. The summed E-state index contributed by atoms with van der Waals surface area (Å²) in [6, 6.07) is 7.50. The minimum Gasteiger partial charge on any atom is -0.480 e. The second kappa shape index (κ2) is 6.19. The van der Waals surface area contributed by atoms with Crippen LogP contribution in [0.3, 0.4) is 0 Å². The molecule has 3 N–H and O–H groups in total. The van der Waals surface area contributed by atoms with Crippen molar-refractivity contribution in [2.45, 2.75) is 32.4 Å². The first kappa shape index (κ1) is 15.0. The molecular formula is C13H18N2O4. The molecule has 0 aliphatic rings. The smallest absolute Gasteiger partial charge is 0.422 e. The van der Waals surface area contributed by atoms with E-state index in [1.165, 1.54) is 0 Å². The van der Waals surface area contributed by atoms with E-state index in [1.54, 1.807) is 51.1 Å². The Morgan fingerprint density at radius 3 is 2.26 bits per heavy atom. The number of carbonyl (C=O) groups is 2. The second-order valence-electron chi connectivity index (χ2n) is 4.95. The van der Waals surface area contributed by atoms with E-state index >= 15 is 0 Å². The lowest BCUT2D eigenvalue weighted by Crippen LogP contribution is -2.45. The lowest BCUT2D eigenvalue weighted by Gasteiger charge is -2.21. The van der Waals surface area contributed by atoms with E-state index in [4.69, 9.17) is 9.84 Å². The molecule has 1 aromatic rings. The van der Waals surface area contributed by atoms with Crippen LogP contribution in [-0.2, 0) is 9.53 Å². The van der Waals surface area contributed by atoms with Gasteiger partial charge in [0.15, 0.2) is 0 Å². The minimum atomic E-state index is -1.10. The minimum absolute atomic E-state index is 0.533. The lowest BCUT2D eigenvalue weighted by molar-refractivity contribution is -0.139. The van der Waals surface area contributed by atoms with Gasteiger partial charge in [-0.3, -0.25) is 10.2 Å². The van der Waals surface area contributed by atoms with E-state index in [0.717, 1.165) is 0 Å². The Morgan fingerprint density at radius 2 is 1.79 bits per heavy atom. The first-order chi connectivity index (χ1) is 8.79. The average molecular weight is 266 g/mol. The van der Waals surface area contributed by atoms with Gasteiger partial charge in [0.05, 0.1) is 0 Å². The number of carbonyl (C=O) groups excluding carboxylic acids is 1. The van der Waals surface area contributed by atoms with Crippen molar-refractivity contribution in [2.75, 3.05) is 0 Å². The zero-order valence-corrected chi connectivity index (χ0v) is 11.1. The maximum atomic E-state index is 11.4. The van der Waals surface area contributed by atoms with Gasteiger partial charge < -0.3 is 9.84 Å². The predicted octanol–water partition coefficient (Wildman–Crippen LogP) is 1.84. The Bertz CT molecular complexity index is 440. The molecule has 1 aromatic carbocycles. The molecule has 19 heavy (non-hydrogen) atoms. The summed E-state index contributed by atoms with van der Waals surface area (Å²) < 4.78 is 5.00. The van der Waals surface area contributed by atoms with Gasteiger partial charge >= 0.3 is 12.1 Å². The normalized spacial score (nSPS) is 12.6. The van der Waals surface area contributed by atoms with Crippen molar-refractivity contribution < 1.29 is 19.4 Å². The summed E-state index contributed by atoms with van der Waals surface area (Å²) in [7, 11) is 0. The van der Waals surface area contributed by atoms with Gasteiger partial charge in [-0.25, -0.2) is 10.2 Å². The van der Waals surface area contributed by atoms with Crippen molar-refractivity contribution >= 4 is 12.1 Å². The molecule has 1 atom stereocenters. The van der Waals surface area contributed by atoms with Crippen LogP contribution in [0.1, 0.15) is 32.4 Å². The molecule has 0 unspecified atom stereocenters. The summed E-state index contributed by atoms with van der Waals surface area (Å²) in [6.07, 6.45) is -0.727. The molecule has 1 amide bonds. The number of amides is 1. The number of carboxylic acid groups (broad SMARTS) is 1. The molecule has 6 heteroatoms. The number of rotatable bonds is 4. The van der Waals surface area contributed by atoms with Gasteiger partial charge in [0.25, 0.3) is 0 Å². The molecular weight excluding hydrogens is 248 g/mol. The third-order valence-corrected chi connectivity index (χ3v) is 2.10. The standard InChI is InChI=1S/C13H18N2O4/c1-13(2,3)19-12(18)15-14-10(11(16)17)9-7-5-4-6-8-9/h4-8,10,14H,1-3H3,(H,15,18)(H,16,17)/t10-/m1/s1. The van der Waals surface area contributed by atoms with Crippen LogP contribution in [-0.4, -0.2) is 22.8 Å². The highest BCUT2D eigenvalue weighted by molar-refractivity contribution is 5.76. The molecule has 0 saturated heterocycles. The fourth-order valence-electron chi connectivity index (χ4n) is 1.37. The molecule has 0 aromatic heterocycles. The van der Waals surface area contributed by atoms with Crippen molar-refractivity contribution in [1.29, 1.82) is 0 Å². The number of nitrogens with one attached hydrogen (secondary N) is 2. The molecule has 0 aliphatic carbocycles. The van der Waals surface area contributed by atoms with Gasteiger partial charge in [-0.05, 0) is 26.3 Å². The first-order valence-corrected chi connectivity index (χ1v) is 5.82. The Hall–Kier alpha value is -2.08. The third kappa shape index (κ3) is 5.39. The van der Waals surface area contributed by atoms with Crippen molar-refractivity contribution in [3.05, 3.63) is 35.9 Å². The number of hydrogen-bond acceptors (Lipinski definition) is 4. The maximum Gasteiger partial charge on any atom is 0.422 e. The Labute approximate surface area is 111 Å². The van der Waals surface area contributed by atoms with Crippen LogP contribution in [0.2, 0.25) is 0 Å². The highest BCUT2D eigenvalue weighted by Gasteiger charge is 2.21. The molecule has 0 spiro atoms. The molecule has 6 nitrogen and oxygen atoms in total. The van der Waals surface area contributed by atoms with Crippen LogP contribution in [0.25, 0.3) is 0 Å². The van der Waals surface area contributed by atoms with E-state index in [9.17, 15) is 9.59 Å². The predicted molar refractivity (Wildman–Crippen MR) is 69.3 cm³/mol. The number of hydrogen-bond donors (Lipinski definition) is 3. The third-order valence-electron chi connectivity index (χ3n) is 2.10. The first-order valence-electron chi connectivity index (χ1n) is 5.82. The molecule has 104 valence electrons. The number of carboxylic acids is 1. The van der Waals surface area contributed by atoms with Gasteiger partial charge in [0, 0.05) is 0 Å². The largest absolute Gasteiger partial charge is 0.480 e. The van der Waals surface area contributed by atoms with E-state index in [0.29, 0.717) is 5.56 Å². The van der Waals surface area contributed by atoms with Crippen LogP contribution >= 0.6 is 0 Å². The van der Waals surface area contributed by atoms with Gasteiger partial charge in [0.2, 0.25) is 0 Å². The maximum absolute atomic E-state index is 11.4. The van der Waals surface area contributed by atoms with Crippen molar-refractivity contribution in [2.24, 2.45) is 0 Å².